The van der Waals surface area contributed by atoms with Crippen molar-refractivity contribution in [2.75, 3.05) is 19.8 Å². The van der Waals surface area contributed by atoms with Crippen LogP contribution in [0.4, 0.5) is 0 Å². The zero-order chi connectivity index (χ0) is 19.9. The second-order valence-electron chi connectivity index (χ2n) is 5.42. The number of nitrogens with zero attached hydrogens (tertiary/aromatic N) is 4. The molecular formula is C15H18Cl2N4O6. The van der Waals surface area contributed by atoms with Gasteiger partial charge in [-0.15, -0.1) is 10.1 Å². The van der Waals surface area contributed by atoms with Crippen LogP contribution in [0, 0.1) is 10.1 Å². The van der Waals surface area contributed by atoms with Crippen LogP contribution >= 0.6 is 23.2 Å². The summed E-state index contributed by atoms with van der Waals surface area (Å²) in [5.74, 6) is -1.04. The fourth-order valence-electron chi connectivity index (χ4n) is 2.53. The van der Waals surface area contributed by atoms with Gasteiger partial charge in [0.15, 0.2) is 0 Å². The molecule has 3 rings (SSSR count). The number of hydrogen-bond donors (Lipinski definition) is 1. The highest BCUT2D eigenvalue weighted by molar-refractivity contribution is 6.35. The van der Waals surface area contributed by atoms with Crippen LogP contribution in [-0.4, -0.2) is 51.0 Å². The summed E-state index contributed by atoms with van der Waals surface area (Å²) in [5, 5.41) is 18.8. The highest BCUT2D eigenvalue weighted by Gasteiger charge is 2.45. The van der Waals surface area contributed by atoms with E-state index in [2.05, 4.69) is 10.1 Å². The lowest BCUT2D eigenvalue weighted by Crippen LogP contribution is -2.34. The lowest BCUT2D eigenvalue weighted by molar-refractivity contribution is -0.742. The Labute approximate surface area is 164 Å². The maximum absolute atomic E-state index is 8.36. The van der Waals surface area contributed by atoms with Crippen molar-refractivity contribution in [3.8, 4) is 0 Å². The summed E-state index contributed by atoms with van der Waals surface area (Å²) < 4.78 is 19.3. The monoisotopic (exact) mass is 420 g/mol. The van der Waals surface area contributed by atoms with Gasteiger partial charge in [0.2, 0.25) is 5.79 Å². The van der Waals surface area contributed by atoms with Crippen LogP contribution in [0.5, 0.6) is 0 Å². The molecule has 0 aliphatic carbocycles. The topological polar surface area (TPSA) is 122 Å². The van der Waals surface area contributed by atoms with E-state index in [4.69, 9.17) is 52.7 Å². The first-order valence-corrected chi connectivity index (χ1v) is 8.62. The van der Waals surface area contributed by atoms with Gasteiger partial charge in [0.05, 0.1) is 18.2 Å². The van der Waals surface area contributed by atoms with Gasteiger partial charge in [0.25, 0.3) is 5.09 Å². The molecule has 1 aliphatic heterocycles. The minimum Gasteiger partial charge on any atom is -0.379 e. The predicted molar refractivity (Wildman–Crippen MR) is 94.3 cm³/mol. The number of hydrogen-bond acceptors (Lipinski definition) is 7. The molecule has 148 valence electrons. The number of benzene rings is 1. The molecule has 2 heterocycles. The van der Waals surface area contributed by atoms with Crippen molar-refractivity contribution in [2.45, 2.75) is 25.4 Å². The van der Waals surface area contributed by atoms with Crippen molar-refractivity contribution in [2.24, 2.45) is 0 Å². The zero-order valence-corrected chi connectivity index (χ0v) is 15.8. The number of halogens is 2. The molecule has 2 atom stereocenters. The Morgan fingerprint density at radius 1 is 1.52 bits per heavy atom. The first kappa shape index (κ1) is 21.3. The van der Waals surface area contributed by atoms with Gasteiger partial charge in [-0.25, -0.2) is 9.67 Å². The van der Waals surface area contributed by atoms with Crippen molar-refractivity contribution < 1.29 is 24.5 Å². The van der Waals surface area contributed by atoms with Gasteiger partial charge in [0, 0.05) is 17.2 Å². The molecule has 1 aromatic heterocycles. The molecule has 12 heteroatoms. The van der Waals surface area contributed by atoms with Crippen LogP contribution in [0.3, 0.4) is 0 Å². The first-order chi connectivity index (χ1) is 12.9. The summed E-state index contributed by atoms with van der Waals surface area (Å²) in [6.07, 6.45) is 2.89. The molecule has 1 saturated heterocycles. The van der Waals surface area contributed by atoms with Crippen LogP contribution in [0.15, 0.2) is 30.9 Å². The van der Waals surface area contributed by atoms with Crippen molar-refractivity contribution in [1.29, 1.82) is 0 Å². The number of rotatable bonds is 6. The fourth-order valence-corrected chi connectivity index (χ4v) is 3.08. The van der Waals surface area contributed by atoms with Gasteiger partial charge >= 0.3 is 0 Å². The second kappa shape index (κ2) is 9.81. The highest BCUT2D eigenvalue weighted by Crippen LogP contribution is 2.40. The van der Waals surface area contributed by atoms with E-state index in [9.17, 15) is 0 Å². The van der Waals surface area contributed by atoms with Gasteiger partial charge in [-0.2, -0.15) is 5.10 Å². The Kier molecular flexibility index (Phi) is 7.75. The molecule has 2 aromatic rings. The Hall–Kier alpha value is -1.98. The molecule has 0 spiro atoms. The minimum absolute atomic E-state index is 0.176. The summed E-state index contributed by atoms with van der Waals surface area (Å²) in [6, 6.07) is 5.24. The van der Waals surface area contributed by atoms with Crippen LogP contribution < -0.4 is 0 Å². The van der Waals surface area contributed by atoms with E-state index >= 15 is 0 Å². The second-order valence-corrected chi connectivity index (χ2v) is 6.26. The van der Waals surface area contributed by atoms with E-state index in [-0.39, 0.29) is 6.10 Å². The van der Waals surface area contributed by atoms with Gasteiger partial charge in [0.1, 0.15) is 25.3 Å². The van der Waals surface area contributed by atoms with Gasteiger partial charge in [-0.3, -0.25) is 0 Å². The fraction of sp³-hybridized carbons (Fsp3) is 0.467. The molecule has 1 aromatic carbocycles. The maximum atomic E-state index is 8.36. The summed E-state index contributed by atoms with van der Waals surface area (Å²) in [4.78, 5) is 12.3. The smallest absolute Gasteiger partial charge is 0.291 e. The van der Waals surface area contributed by atoms with Crippen molar-refractivity contribution in [3.05, 3.63) is 56.6 Å². The molecule has 27 heavy (non-hydrogen) atoms. The van der Waals surface area contributed by atoms with E-state index in [1.165, 1.54) is 6.33 Å². The summed E-state index contributed by atoms with van der Waals surface area (Å²) in [6.45, 7) is 3.76. The van der Waals surface area contributed by atoms with Crippen molar-refractivity contribution >= 4 is 23.2 Å². The van der Waals surface area contributed by atoms with E-state index < -0.39 is 10.9 Å². The van der Waals surface area contributed by atoms with Gasteiger partial charge in [-0.1, -0.05) is 29.3 Å². The highest BCUT2D eigenvalue weighted by atomic mass is 35.5. The molecule has 2 unspecified atom stereocenters. The molecule has 0 amide bonds. The average molecular weight is 421 g/mol. The zero-order valence-electron chi connectivity index (χ0n) is 14.3. The molecular weight excluding hydrogens is 403 g/mol. The molecule has 0 saturated carbocycles. The normalized spacial score (nSPS) is 21.5. The van der Waals surface area contributed by atoms with Crippen LogP contribution in [0.25, 0.3) is 0 Å². The molecule has 1 aliphatic rings. The maximum Gasteiger partial charge on any atom is 0.291 e. The van der Waals surface area contributed by atoms with Gasteiger partial charge < -0.3 is 19.4 Å². The van der Waals surface area contributed by atoms with Crippen molar-refractivity contribution in [3.63, 3.8) is 0 Å². The molecule has 1 N–H and O–H groups in total. The summed E-state index contributed by atoms with van der Waals surface area (Å²) in [5.41, 5.74) is 0.707. The third-order valence-corrected chi connectivity index (χ3v) is 4.09. The number of aromatic nitrogens is 3. The van der Waals surface area contributed by atoms with Crippen molar-refractivity contribution in [1.82, 2.24) is 14.8 Å². The van der Waals surface area contributed by atoms with E-state index in [1.807, 2.05) is 13.0 Å². The van der Waals surface area contributed by atoms with Crippen LogP contribution in [-0.2, 0) is 26.5 Å². The van der Waals surface area contributed by atoms with Crippen LogP contribution in [0.2, 0.25) is 10.0 Å². The Morgan fingerprint density at radius 2 is 2.26 bits per heavy atom. The average Bonchev–Trinajstić information content (AvgIpc) is 3.23. The third-order valence-electron chi connectivity index (χ3n) is 3.55. The number of ether oxygens (including phenoxy) is 3. The molecule has 1 fully saturated rings. The largest absolute Gasteiger partial charge is 0.379 e. The lowest BCUT2D eigenvalue weighted by Gasteiger charge is -2.29. The first-order valence-electron chi connectivity index (χ1n) is 7.87. The minimum atomic E-state index is -1.50. The summed E-state index contributed by atoms with van der Waals surface area (Å²) >= 11 is 12.4. The third kappa shape index (κ3) is 6.01. The SMILES string of the molecule is CCOCC1COC(Cn2cncn2)(c2ccc(Cl)cc2Cl)O1.O=[N+]([O-])O. The Morgan fingerprint density at radius 3 is 2.85 bits per heavy atom. The standard InChI is InChI=1S/C15H17Cl2N3O3.HNO3/c1-2-21-6-12-7-22-15(23-12,8-20-10-18-9-19-20)13-4-3-11(16)5-14(13)17;2-1(3)4/h3-5,9-10,12H,2,6-8H2,1H3;(H,2,3,4). The lowest BCUT2D eigenvalue weighted by atomic mass is 10.1. The van der Waals surface area contributed by atoms with Gasteiger partial charge in [-0.05, 0) is 19.1 Å². The molecule has 10 nitrogen and oxygen atoms in total. The molecule has 0 radical (unpaired) electrons. The summed E-state index contributed by atoms with van der Waals surface area (Å²) in [7, 11) is 0. The van der Waals surface area contributed by atoms with E-state index in [0.29, 0.717) is 42.0 Å². The predicted octanol–water partition coefficient (Wildman–Crippen LogP) is 2.54. The Bertz CT molecular complexity index is 744. The Balaban J connectivity index is 0.000000596. The van der Waals surface area contributed by atoms with Crippen LogP contribution in [0.1, 0.15) is 12.5 Å². The quantitative estimate of drug-likeness (QED) is 0.558. The van der Waals surface area contributed by atoms with E-state index in [0.717, 1.165) is 0 Å². The van der Waals surface area contributed by atoms with E-state index in [1.54, 1.807) is 23.1 Å². The molecule has 0 bridgehead atoms.